The van der Waals surface area contributed by atoms with Crippen molar-refractivity contribution in [1.82, 2.24) is 25.6 Å². The monoisotopic (exact) mass is 347 g/mol. The number of aromatic nitrogens is 3. The van der Waals surface area contributed by atoms with Crippen LogP contribution in [0.15, 0.2) is 0 Å². The van der Waals surface area contributed by atoms with E-state index in [9.17, 15) is 4.79 Å². The first-order valence-electron chi connectivity index (χ1n) is 9.91. The number of nitrogens with zero attached hydrogens (tertiary/aromatic N) is 3. The summed E-state index contributed by atoms with van der Waals surface area (Å²) in [5.74, 6) is 0.602. The van der Waals surface area contributed by atoms with Crippen molar-refractivity contribution in [3.05, 3.63) is 11.4 Å². The normalized spacial score (nSPS) is 21.0. The van der Waals surface area contributed by atoms with Crippen LogP contribution in [0.2, 0.25) is 0 Å². The maximum Gasteiger partial charge on any atom is 0.273 e. The fourth-order valence-corrected chi connectivity index (χ4v) is 4.74. The minimum Gasteiger partial charge on any atom is -0.350 e. The van der Waals surface area contributed by atoms with Gasteiger partial charge in [-0.25, -0.2) is 4.68 Å². The van der Waals surface area contributed by atoms with Gasteiger partial charge in [0.25, 0.3) is 5.91 Å². The van der Waals surface area contributed by atoms with Crippen molar-refractivity contribution in [2.45, 2.75) is 71.8 Å². The molecule has 0 radical (unpaired) electrons. The zero-order valence-corrected chi connectivity index (χ0v) is 16.0. The van der Waals surface area contributed by atoms with E-state index in [4.69, 9.17) is 0 Å². The van der Waals surface area contributed by atoms with E-state index in [1.165, 1.54) is 32.1 Å². The highest BCUT2D eigenvalue weighted by atomic mass is 16.2. The van der Waals surface area contributed by atoms with Gasteiger partial charge in [-0.1, -0.05) is 31.9 Å². The molecular weight excluding hydrogens is 314 g/mol. The highest BCUT2D eigenvalue weighted by molar-refractivity contribution is 5.93. The Kier molecular flexibility index (Phi) is 5.77. The SMILES string of the molecule is Cc1c(C(=O)NCC2(CC(C)C)CCCC2)nnn1C1CCNCC1. The molecule has 140 valence electrons. The number of rotatable bonds is 6. The van der Waals surface area contributed by atoms with Crippen molar-refractivity contribution in [1.29, 1.82) is 0 Å². The third-order valence-electron chi connectivity index (χ3n) is 5.93. The van der Waals surface area contributed by atoms with Crippen molar-refractivity contribution in [2.75, 3.05) is 19.6 Å². The molecule has 1 aliphatic carbocycles. The van der Waals surface area contributed by atoms with Gasteiger partial charge in [0.05, 0.1) is 11.7 Å². The molecular formula is C19H33N5O. The van der Waals surface area contributed by atoms with Crippen LogP contribution < -0.4 is 10.6 Å². The van der Waals surface area contributed by atoms with Crippen molar-refractivity contribution in [2.24, 2.45) is 11.3 Å². The lowest BCUT2D eigenvalue weighted by molar-refractivity contribution is 0.0916. The quantitative estimate of drug-likeness (QED) is 0.830. The topological polar surface area (TPSA) is 71.8 Å². The summed E-state index contributed by atoms with van der Waals surface area (Å²) in [5, 5.41) is 15.0. The largest absolute Gasteiger partial charge is 0.350 e. The van der Waals surface area contributed by atoms with E-state index in [1.54, 1.807) is 0 Å². The average molecular weight is 348 g/mol. The van der Waals surface area contributed by atoms with E-state index >= 15 is 0 Å². The first-order chi connectivity index (χ1) is 12.0. The lowest BCUT2D eigenvalue weighted by atomic mass is 9.78. The Labute approximate surface area is 151 Å². The fourth-order valence-electron chi connectivity index (χ4n) is 4.74. The molecule has 0 bridgehead atoms. The second kappa shape index (κ2) is 7.85. The lowest BCUT2D eigenvalue weighted by Crippen LogP contribution is -2.37. The Hall–Kier alpha value is -1.43. The van der Waals surface area contributed by atoms with E-state index in [-0.39, 0.29) is 11.3 Å². The lowest BCUT2D eigenvalue weighted by Gasteiger charge is -2.31. The van der Waals surface area contributed by atoms with Gasteiger partial charge in [-0.3, -0.25) is 4.79 Å². The second-order valence-electron chi connectivity index (χ2n) is 8.44. The van der Waals surface area contributed by atoms with Crippen LogP contribution in [-0.2, 0) is 0 Å². The minimum absolute atomic E-state index is 0.0623. The summed E-state index contributed by atoms with van der Waals surface area (Å²) in [6.45, 7) is 9.29. The van der Waals surface area contributed by atoms with E-state index in [1.807, 2.05) is 11.6 Å². The average Bonchev–Trinajstić information content (AvgIpc) is 3.20. The first kappa shape index (κ1) is 18.4. The molecule has 1 aromatic rings. The van der Waals surface area contributed by atoms with Gasteiger partial charge in [0.1, 0.15) is 0 Å². The minimum atomic E-state index is -0.0623. The molecule has 1 saturated heterocycles. The zero-order valence-electron chi connectivity index (χ0n) is 16.0. The molecule has 2 aliphatic rings. The second-order valence-corrected chi connectivity index (χ2v) is 8.44. The Morgan fingerprint density at radius 3 is 2.64 bits per heavy atom. The number of nitrogens with one attached hydrogen (secondary N) is 2. The van der Waals surface area contributed by atoms with Crippen LogP contribution in [0.1, 0.15) is 81.0 Å². The third kappa shape index (κ3) is 4.22. The first-order valence-corrected chi connectivity index (χ1v) is 9.91. The van der Waals surface area contributed by atoms with Crippen LogP contribution in [0.25, 0.3) is 0 Å². The number of piperidine rings is 1. The Bertz CT molecular complexity index is 583. The highest BCUT2D eigenvalue weighted by Crippen LogP contribution is 2.42. The highest BCUT2D eigenvalue weighted by Gasteiger charge is 2.35. The molecule has 1 amide bonds. The summed E-state index contributed by atoms with van der Waals surface area (Å²) in [6.07, 6.45) is 8.30. The van der Waals surface area contributed by atoms with Gasteiger partial charge in [0.15, 0.2) is 5.69 Å². The molecule has 0 atom stereocenters. The van der Waals surface area contributed by atoms with Gasteiger partial charge >= 0.3 is 0 Å². The summed E-state index contributed by atoms with van der Waals surface area (Å²) in [6, 6.07) is 0.359. The van der Waals surface area contributed by atoms with Crippen LogP contribution in [0.4, 0.5) is 0 Å². The van der Waals surface area contributed by atoms with Crippen LogP contribution in [0, 0.1) is 18.3 Å². The molecule has 2 heterocycles. The maximum atomic E-state index is 12.7. The predicted octanol–water partition coefficient (Wildman–Crippen LogP) is 2.85. The van der Waals surface area contributed by atoms with Gasteiger partial charge in [-0.2, -0.15) is 0 Å². The van der Waals surface area contributed by atoms with E-state index in [0.717, 1.165) is 38.2 Å². The molecule has 6 heteroatoms. The van der Waals surface area contributed by atoms with Crippen molar-refractivity contribution < 1.29 is 4.79 Å². The summed E-state index contributed by atoms with van der Waals surface area (Å²) in [4.78, 5) is 12.7. The number of carbonyl (C=O) groups is 1. The van der Waals surface area contributed by atoms with Gasteiger partial charge in [-0.15, -0.1) is 5.10 Å². The molecule has 0 spiro atoms. The van der Waals surface area contributed by atoms with Crippen LogP contribution in [0.3, 0.4) is 0 Å². The molecule has 2 N–H and O–H groups in total. The van der Waals surface area contributed by atoms with Gasteiger partial charge in [-0.05, 0) is 63.5 Å². The molecule has 6 nitrogen and oxygen atoms in total. The molecule has 1 aromatic heterocycles. The predicted molar refractivity (Wildman–Crippen MR) is 98.6 cm³/mol. The van der Waals surface area contributed by atoms with Crippen LogP contribution in [-0.4, -0.2) is 40.5 Å². The standard InChI is InChI=1S/C19H33N5O/c1-14(2)12-19(8-4-5-9-19)13-21-18(25)17-15(3)24(23-22-17)16-6-10-20-11-7-16/h14,16,20H,4-13H2,1-3H3,(H,21,25). The Morgan fingerprint density at radius 2 is 2.00 bits per heavy atom. The maximum absolute atomic E-state index is 12.7. The third-order valence-corrected chi connectivity index (χ3v) is 5.93. The van der Waals surface area contributed by atoms with E-state index in [2.05, 4.69) is 34.8 Å². The molecule has 1 saturated carbocycles. The Balaban J connectivity index is 1.64. The van der Waals surface area contributed by atoms with Gasteiger partial charge in [0.2, 0.25) is 0 Å². The summed E-state index contributed by atoms with van der Waals surface area (Å²) in [5.41, 5.74) is 1.67. The fraction of sp³-hybridized carbons (Fsp3) is 0.842. The number of amides is 1. The number of hydrogen-bond donors (Lipinski definition) is 2. The molecule has 0 aromatic carbocycles. The number of hydrogen-bond acceptors (Lipinski definition) is 4. The van der Waals surface area contributed by atoms with Crippen molar-refractivity contribution in [3.63, 3.8) is 0 Å². The van der Waals surface area contributed by atoms with Crippen LogP contribution >= 0.6 is 0 Å². The zero-order chi connectivity index (χ0) is 17.9. The molecule has 1 aliphatic heterocycles. The van der Waals surface area contributed by atoms with Gasteiger partial charge in [0, 0.05) is 6.54 Å². The van der Waals surface area contributed by atoms with E-state index < -0.39 is 0 Å². The Morgan fingerprint density at radius 1 is 1.32 bits per heavy atom. The molecule has 2 fully saturated rings. The van der Waals surface area contributed by atoms with Gasteiger partial charge < -0.3 is 10.6 Å². The summed E-state index contributed by atoms with van der Waals surface area (Å²) >= 11 is 0. The smallest absolute Gasteiger partial charge is 0.273 e. The number of carbonyl (C=O) groups excluding carboxylic acids is 1. The van der Waals surface area contributed by atoms with Crippen molar-refractivity contribution >= 4 is 5.91 Å². The van der Waals surface area contributed by atoms with Crippen LogP contribution in [0.5, 0.6) is 0 Å². The molecule has 25 heavy (non-hydrogen) atoms. The summed E-state index contributed by atoms with van der Waals surface area (Å²) < 4.78 is 1.95. The molecule has 0 unspecified atom stereocenters. The summed E-state index contributed by atoms with van der Waals surface area (Å²) in [7, 11) is 0. The van der Waals surface area contributed by atoms with E-state index in [0.29, 0.717) is 17.7 Å². The van der Waals surface area contributed by atoms with Crippen molar-refractivity contribution in [3.8, 4) is 0 Å². The molecule has 3 rings (SSSR count).